The van der Waals surface area contributed by atoms with E-state index >= 15 is 0 Å². The first-order valence-corrected chi connectivity index (χ1v) is 4.67. The Kier molecular flexibility index (Phi) is 2.64. The zero-order valence-corrected chi connectivity index (χ0v) is 8.64. The van der Waals surface area contributed by atoms with E-state index in [0.29, 0.717) is 5.56 Å². The summed E-state index contributed by atoms with van der Waals surface area (Å²) in [5, 5.41) is 9.16. The number of aromatic hydroxyl groups is 1. The van der Waals surface area contributed by atoms with E-state index in [9.17, 15) is 4.79 Å². The fourth-order valence-corrected chi connectivity index (χ4v) is 1.43. The van der Waals surface area contributed by atoms with Gasteiger partial charge < -0.3 is 14.3 Å². The van der Waals surface area contributed by atoms with Crippen molar-refractivity contribution in [1.29, 1.82) is 0 Å². The fraction of sp³-hybridized carbons (Fsp3) is 0.0833. The normalized spacial score (nSPS) is 10.1. The third-order valence-corrected chi connectivity index (χ3v) is 2.21. The monoisotopic (exact) mass is 218 g/mol. The molecular weight excluding hydrogens is 208 g/mol. The minimum atomic E-state index is -0.520. The molecule has 1 aromatic heterocycles. The van der Waals surface area contributed by atoms with Crippen molar-refractivity contribution in [2.75, 3.05) is 7.11 Å². The van der Waals surface area contributed by atoms with Gasteiger partial charge in [-0.1, -0.05) is 12.1 Å². The maximum atomic E-state index is 11.4. The summed E-state index contributed by atoms with van der Waals surface area (Å²) >= 11 is 0. The molecule has 16 heavy (non-hydrogen) atoms. The van der Waals surface area contributed by atoms with Gasteiger partial charge in [-0.3, -0.25) is 0 Å². The number of hydrogen-bond donors (Lipinski definition) is 1. The minimum absolute atomic E-state index is 0.160. The van der Waals surface area contributed by atoms with E-state index in [1.807, 2.05) is 0 Å². The van der Waals surface area contributed by atoms with Gasteiger partial charge in [0.1, 0.15) is 5.75 Å². The number of esters is 1. The van der Waals surface area contributed by atoms with Crippen LogP contribution in [-0.2, 0) is 4.74 Å². The van der Waals surface area contributed by atoms with Gasteiger partial charge in [0.2, 0.25) is 5.76 Å². The zero-order chi connectivity index (χ0) is 11.5. The molecule has 0 bridgehead atoms. The van der Waals surface area contributed by atoms with Crippen molar-refractivity contribution < 1.29 is 19.1 Å². The summed E-state index contributed by atoms with van der Waals surface area (Å²) in [7, 11) is 1.30. The molecule has 1 heterocycles. The molecule has 0 radical (unpaired) electrons. The number of rotatable bonds is 2. The van der Waals surface area contributed by atoms with Crippen LogP contribution in [0.2, 0.25) is 0 Å². The molecule has 0 spiro atoms. The first-order chi connectivity index (χ1) is 7.72. The third kappa shape index (κ3) is 1.77. The summed E-state index contributed by atoms with van der Waals surface area (Å²) in [4.78, 5) is 11.4. The van der Waals surface area contributed by atoms with Gasteiger partial charge in [-0.2, -0.15) is 0 Å². The summed E-state index contributed by atoms with van der Waals surface area (Å²) in [5.74, 6) is -0.187. The van der Waals surface area contributed by atoms with Gasteiger partial charge in [-0.25, -0.2) is 4.79 Å². The maximum absolute atomic E-state index is 11.4. The Morgan fingerprint density at radius 3 is 2.56 bits per heavy atom. The van der Waals surface area contributed by atoms with Crippen LogP contribution < -0.4 is 0 Å². The molecule has 0 fully saturated rings. The van der Waals surface area contributed by atoms with Crippen LogP contribution in [0, 0.1) is 0 Å². The molecule has 2 rings (SSSR count). The van der Waals surface area contributed by atoms with Gasteiger partial charge in [-0.05, 0) is 23.8 Å². The Labute approximate surface area is 92.1 Å². The van der Waals surface area contributed by atoms with Gasteiger partial charge >= 0.3 is 5.97 Å². The quantitative estimate of drug-likeness (QED) is 0.786. The highest BCUT2D eigenvalue weighted by Crippen LogP contribution is 2.26. The van der Waals surface area contributed by atoms with Crippen molar-refractivity contribution >= 4 is 5.97 Å². The average Bonchev–Trinajstić information content (AvgIpc) is 2.78. The summed E-state index contributed by atoms with van der Waals surface area (Å²) in [5.41, 5.74) is 1.43. The summed E-state index contributed by atoms with van der Waals surface area (Å²) < 4.78 is 9.66. The number of phenolic OH excluding ortho intramolecular Hbond substituents is 1. The first-order valence-electron chi connectivity index (χ1n) is 4.67. The molecular formula is C12H10O4. The van der Waals surface area contributed by atoms with Gasteiger partial charge in [0.05, 0.1) is 13.4 Å². The number of benzene rings is 1. The van der Waals surface area contributed by atoms with Crippen LogP contribution in [0.1, 0.15) is 10.6 Å². The molecule has 1 aromatic carbocycles. The fourth-order valence-electron chi connectivity index (χ4n) is 1.43. The Hall–Kier alpha value is -2.23. The van der Waals surface area contributed by atoms with Gasteiger partial charge in [0.25, 0.3) is 0 Å². The molecule has 0 unspecified atom stereocenters. The lowest BCUT2D eigenvalue weighted by Gasteiger charge is -2.01. The van der Waals surface area contributed by atoms with Crippen molar-refractivity contribution in [3.63, 3.8) is 0 Å². The smallest absolute Gasteiger partial charge is 0.374 e. The van der Waals surface area contributed by atoms with E-state index in [-0.39, 0.29) is 11.5 Å². The number of phenols is 1. The number of carbonyl (C=O) groups is 1. The lowest BCUT2D eigenvalue weighted by molar-refractivity contribution is 0.0566. The maximum Gasteiger partial charge on any atom is 0.374 e. The van der Waals surface area contributed by atoms with E-state index in [1.165, 1.54) is 13.4 Å². The number of carbonyl (C=O) groups excluding carboxylic acids is 1. The highest BCUT2D eigenvalue weighted by atomic mass is 16.5. The van der Waals surface area contributed by atoms with Gasteiger partial charge in [0.15, 0.2) is 0 Å². The molecule has 2 aromatic rings. The molecule has 0 aliphatic carbocycles. The Bertz CT molecular complexity index is 496. The van der Waals surface area contributed by atoms with E-state index in [0.717, 1.165) is 5.56 Å². The van der Waals surface area contributed by atoms with Crippen LogP contribution in [0.5, 0.6) is 5.75 Å². The predicted molar refractivity (Wildman–Crippen MR) is 57.1 cm³/mol. The van der Waals surface area contributed by atoms with E-state index in [4.69, 9.17) is 9.52 Å². The summed E-state index contributed by atoms with van der Waals surface area (Å²) in [6.45, 7) is 0. The van der Waals surface area contributed by atoms with Crippen LogP contribution in [0.15, 0.2) is 41.0 Å². The van der Waals surface area contributed by atoms with E-state index in [1.54, 1.807) is 30.3 Å². The van der Waals surface area contributed by atoms with Crippen LogP contribution in [-0.4, -0.2) is 18.2 Å². The van der Waals surface area contributed by atoms with E-state index < -0.39 is 5.97 Å². The number of furan rings is 1. The highest BCUT2D eigenvalue weighted by molar-refractivity contribution is 5.94. The molecule has 82 valence electrons. The Morgan fingerprint density at radius 1 is 1.25 bits per heavy atom. The lowest BCUT2D eigenvalue weighted by Crippen LogP contribution is -2.00. The largest absolute Gasteiger partial charge is 0.508 e. The highest BCUT2D eigenvalue weighted by Gasteiger charge is 2.16. The Morgan fingerprint density at radius 2 is 1.94 bits per heavy atom. The minimum Gasteiger partial charge on any atom is -0.508 e. The first kappa shape index (κ1) is 10.3. The topological polar surface area (TPSA) is 59.7 Å². The second-order valence-corrected chi connectivity index (χ2v) is 3.20. The van der Waals surface area contributed by atoms with Crippen LogP contribution in [0.3, 0.4) is 0 Å². The average molecular weight is 218 g/mol. The van der Waals surface area contributed by atoms with Crippen LogP contribution >= 0.6 is 0 Å². The van der Waals surface area contributed by atoms with Gasteiger partial charge in [-0.15, -0.1) is 0 Å². The van der Waals surface area contributed by atoms with E-state index in [2.05, 4.69) is 4.74 Å². The predicted octanol–water partition coefficient (Wildman–Crippen LogP) is 2.44. The number of methoxy groups -OCH3 is 1. The summed E-state index contributed by atoms with van der Waals surface area (Å²) in [6.07, 6.45) is 1.43. The van der Waals surface area contributed by atoms with Gasteiger partial charge in [0, 0.05) is 5.56 Å². The number of hydrogen-bond acceptors (Lipinski definition) is 4. The molecule has 0 saturated heterocycles. The molecule has 1 N–H and O–H groups in total. The molecule has 0 amide bonds. The molecule has 4 heteroatoms. The lowest BCUT2D eigenvalue weighted by atomic mass is 10.1. The second kappa shape index (κ2) is 4.10. The summed E-state index contributed by atoms with van der Waals surface area (Å²) in [6, 6.07) is 8.17. The second-order valence-electron chi connectivity index (χ2n) is 3.20. The molecule has 0 aliphatic rings. The third-order valence-electron chi connectivity index (χ3n) is 2.21. The molecule has 4 nitrogen and oxygen atoms in total. The van der Waals surface area contributed by atoms with Crippen molar-refractivity contribution in [2.24, 2.45) is 0 Å². The van der Waals surface area contributed by atoms with Crippen molar-refractivity contribution in [1.82, 2.24) is 0 Å². The molecule has 0 atom stereocenters. The van der Waals surface area contributed by atoms with Crippen LogP contribution in [0.4, 0.5) is 0 Å². The van der Waals surface area contributed by atoms with Crippen molar-refractivity contribution in [2.45, 2.75) is 0 Å². The standard InChI is InChI=1S/C12H10O4/c1-15-12(14)11-10(6-7-16-11)8-2-4-9(13)5-3-8/h2-7,13H,1H3. The van der Waals surface area contributed by atoms with Crippen LogP contribution in [0.25, 0.3) is 11.1 Å². The zero-order valence-electron chi connectivity index (χ0n) is 8.64. The molecule has 0 aliphatic heterocycles. The van der Waals surface area contributed by atoms with Crippen molar-refractivity contribution in [3.8, 4) is 16.9 Å². The molecule has 0 saturated carbocycles. The Balaban J connectivity index is 2.44. The SMILES string of the molecule is COC(=O)c1occc1-c1ccc(O)cc1. The number of ether oxygens (including phenoxy) is 1. The van der Waals surface area contributed by atoms with Crippen molar-refractivity contribution in [3.05, 3.63) is 42.4 Å².